The van der Waals surface area contributed by atoms with E-state index in [4.69, 9.17) is 0 Å². The number of azo groups is 1. The summed E-state index contributed by atoms with van der Waals surface area (Å²) in [5.74, 6) is 0.697. The molecule has 0 aromatic carbocycles. The molecule has 3 aliphatic heterocycles. The van der Waals surface area contributed by atoms with E-state index in [1.54, 1.807) is 0 Å². The van der Waals surface area contributed by atoms with Crippen LogP contribution in [-0.2, 0) is 21.0 Å². The zero-order chi connectivity index (χ0) is 24.5. The third-order valence-corrected chi connectivity index (χ3v) is 8.94. The Labute approximate surface area is 195 Å². The molecule has 0 bridgehead atoms. The average Bonchev–Trinajstić information content (AvgIpc) is 3.22. The molecule has 5 rings (SSSR count). The van der Waals surface area contributed by atoms with Gasteiger partial charge in [-0.15, -0.1) is 5.11 Å². The molecule has 4 aliphatic rings. The van der Waals surface area contributed by atoms with Crippen LogP contribution < -0.4 is 5.32 Å². The third-order valence-electron chi connectivity index (χ3n) is 7.13. The fourth-order valence-corrected chi connectivity index (χ4v) is 6.91. The number of alkyl halides is 3. The number of Topliss-reactive ketones (excluding diaryl/α,β-unsaturated/α-hetero) is 1. The van der Waals surface area contributed by atoms with Crippen LogP contribution >= 0.6 is 0 Å². The maximum Gasteiger partial charge on any atom is 0.417 e. The van der Waals surface area contributed by atoms with Crippen molar-refractivity contribution in [1.29, 1.82) is 0 Å². The molecule has 1 aromatic rings. The zero-order valence-electron chi connectivity index (χ0n) is 18.7. The fraction of sp³-hybridized carbons (Fsp3) is 0.545. The summed E-state index contributed by atoms with van der Waals surface area (Å²) in [6.45, 7) is 4.64. The zero-order valence-corrected chi connectivity index (χ0v) is 19.6. The first kappa shape index (κ1) is 23.2. The van der Waals surface area contributed by atoms with E-state index >= 15 is 0 Å². The van der Waals surface area contributed by atoms with Crippen LogP contribution in [0.3, 0.4) is 0 Å². The number of rotatable bonds is 2. The number of nitrogens with zero attached hydrogens (tertiary/aromatic N) is 4. The third kappa shape index (κ3) is 3.58. The Kier molecular flexibility index (Phi) is 5.07. The van der Waals surface area contributed by atoms with E-state index in [1.807, 2.05) is 13.8 Å². The molecular weight excluding hydrogens is 471 g/mol. The van der Waals surface area contributed by atoms with Gasteiger partial charge in [-0.1, -0.05) is 13.8 Å². The predicted octanol–water partition coefficient (Wildman–Crippen LogP) is 3.80. The first-order valence-electron chi connectivity index (χ1n) is 11.0. The minimum absolute atomic E-state index is 0.0536. The van der Waals surface area contributed by atoms with Gasteiger partial charge < -0.3 is 5.32 Å². The molecule has 34 heavy (non-hydrogen) atoms. The molecule has 0 radical (unpaired) electrons. The second-order valence-corrected chi connectivity index (χ2v) is 11.9. The summed E-state index contributed by atoms with van der Waals surface area (Å²) in [6, 6.07) is 1.60. The van der Waals surface area contributed by atoms with Gasteiger partial charge in [0, 0.05) is 48.0 Å². The first-order chi connectivity index (χ1) is 15.8. The second kappa shape index (κ2) is 7.45. The van der Waals surface area contributed by atoms with Crippen molar-refractivity contribution in [3.05, 3.63) is 46.6 Å². The summed E-state index contributed by atoms with van der Waals surface area (Å²) in [7, 11) is -4.09. The van der Waals surface area contributed by atoms with Crippen LogP contribution in [0.5, 0.6) is 0 Å². The molecule has 8 nitrogen and oxygen atoms in total. The van der Waals surface area contributed by atoms with E-state index in [9.17, 15) is 26.4 Å². The molecule has 1 spiro atoms. The van der Waals surface area contributed by atoms with Gasteiger partial charge in [0.1, 0.15) is 0 Å². The summed E-state index contributed by atoms with van der Waals surface area (Å²) in [5, 5.41) is 11.3. The fourth-order valence-electron chi connectivity index (χ4n) is 5.56. The number of fused-ring (bicyclic) bond motifs is 2. The number of aromatic nitrogens is 1. The Morgan fingerprint density at radius 3 is 2.44 bits per heavy atom. The number of hydrogen-bond acceptors (Lipinski definition) is 7. The Bertz CT molecular complexity index is 1260. The number of sulfonamides is 1. The van der Waals surface area contributed by atoms with E-state index in [1.165, 1.54) is 4.31 Å². The summed E-state index contributed by atoms with van der Waals surface area (Å²) in [4.78, 5) is 16.9. The number of piperidine rings is 1. The number of carbonyl (C=O) groups excluding carboxylic acids is 1. The lowest BCUT2D eigenvalue weighted by Crippen LogP contribution is -2.50. The van der Waals surface area contributed by atoms with Crippen LogP contribution in [0.15, 0.2) is 56.2 Å². The summed E-state index contributed by atoms with van der Waals surface area (Å²) >= 11 is 0. The molecule has 1 aliphatic carbocycles. The Morgan fingerprint density at radius 2 is 1.82 bits per heavy atom. The number of hydrogen-bond donors (Lipinski definition) is 1. The van der Waals surface area contributed by atoms with Crippen molar-refractivity contribution in [1.82, 2.24) is 14.6 Å². The maximum atomic E-state index is 13.3. The van der Waals surface area contributed by atoms with Crippen LogP contribution in [0, 0.1) is 10.8 Å². The Hall–Kier alpha value is -2.60. The van der Waals surface area contributed by atoms with Crippen molar-refractivity contribution in [3.8, 4) is 0 Å². The highest BCUT2D eigenvalue weighted by atomic mass is 32.2. The number of dihydropyridines is 1. The van der Waals surface area contributed by atoms with Gasteiger partial charge in [0.15, 0.2) is 16.6 Å². The number of carbonyl (C=O) groups is 1. The monoisotopic (exact) mass is 495 g/mol. The van der Waals surface area contributed by atoms with Gasteiger partial charge in [0.05, 0.1) is 12.1 Å². The van der Waals surface area contributed by atoms with Crippen molar-refractivity contribution >= 4 is 15.8 Å². The van der Waals surface area contributed by atoms with Crippen molar-refractivity contribution in [2.75, 3.05) is 19.6 Å². The molecule has 0 atom stereocenters. The Morgan fingerprint density at radius 1 is 1.12 bits per heavy atom. The van der Waals surface area contributed by atoms with Gasteiger partial charge in [-0.05, 0) is 36.8 Å². The Balaban J connectivity index is 1.44. The summed E-state index contributed by atoms with van der Waals surface area (Å²) < 4.78 is 66.0. The van der Waals surface area contributed by atoms with Crippen molar-refractivity contribution in [3.63, 3.8) is 0 Å². The lowest BCUT2D eigenvalue weighted by Gasteiger charge is -2.48. The average molecular weight is 496 g/mol. The maximum absolute atomic E-state index is 13.3. The molecule has 1 saturated heterocycles. The molecule has 12 heteroatoms. The van der Waals surface area contributed by atoms with E-state index in [-0.39, 0.29) is 24.3 Å². The minimum atomic E-state index is -4.60. The molecule has 0 unspecified atom stereocenters. The molecule has 1 N–H and O–H groups in total. The minimum Gasteiger partial charge on any atom is -0.342 e. The molecule has 182 valence electrons. The van der Waals surface area contributed by atoms with E-state index in [2.05, 4.69) is 20.5 Å². The van der Waals surface area contributed by atoms with E-state index in [0.717, 1.165) is 23.4 Å². The standard InChI is InChI=1S/C22H24F3N5O3S/c1-20(2)9-15-18(16(31)10-20)21(14-12-27-29-19(14)28-15)5-7-30(8-6-21)34(32,33)17-4-3-13(11-26-17)22(23,24)25/h3-4,11,28H,5-10,12H2,1-2H3. The lowest BCUT2D eigenvalue weighted by atomic mass is 9.60. The number of allylic oxidation sites excluding steroid dienone is 2. The van der Waals surface area contributed by atoms with E-state index < -0.39 is 32.2 Å². The van der Waals surface area contributed by atoms with Gasteiger partial charge in [-0.25, -0.2) is 13.4 Å². The number of halogens is 3. The second-order valence-electron chi connectivity index (χ2n) is 10.0. The van der Waals surface area contributed by atoms with Crippen LogP contribution in [0.1, 0.15) is 45.1 Å². The van der Waals surface area contributed by atoms with Crippen molar-refractivity contribution in [2.45, 2.75) is 50.7 Å². The predicted molar refractivity (Wildman–Crippen MR) is 115 cm³/mol. The van der Waals surface area contributed by atoms with Crippen LogP contribution in [0.25, 0.3) is 0 Å². The van der Waals surface area contributed by atoms with Gasteiger partial charge in [-0.2, -0.15) is 22.6 Å². The number of pyridine rings is 1. The molecular formula is C22H24F3N5O3S. The van der Waals surface area contributed by atoms with Crippen LogP contribution in [-0.4, -0.2) is 43.1 Å². The molecule has 0 saturated carbocycles. The highest BCUT2D eigenvalue weighted by Gasteiger charge is 2.53. The molecule has 1 aromatic heterocycles. The van der Waals surface area contributed by atoms with Gasteiger partial charge >= 0.3 is 6.18 Å². The van der Waals surface area contributed by atoms with Crippen molar-refractivity contribution in [2.24, 2.45) is 21.1 Å². The van der Waals surface area contributed by atoms with Crippen molar-refractivity contribution < 1.29 is 26.4 Å². The first-order valence-corrected chi connectivity index (χ1v) is 12.5. The quantitative estimate of drug-likeness (QED) is 0.672. The highest BCUT2D eigenvalue weighted by molar-refractivity contribution is 7.89. The smallest absolute Gasteiger partial charge is 0.342 e. The number of ketones is 1. The van der Waals surface area contributed by atoms with Crippen LogP contribution in [0.4, 0.5) is 13.2 Å². The van der Waals surface area contributed by atoms with Gasteiger partial charge in [-0.3, -0.25) is 4.79 Å². The SMILES string of the molecule is CC1(C)CC(=O)C2=C(C1)NC1=C(CN=N1)C21CCN(S(=O)(=O)c2ccc(C(F)(F)F)cn2)CC1. The summed E-state index contributed by atoms with van der Waals surface area (Å²) in [6.07, 6.45) is -2.25. The molecule has 0 amide bonds. The van der Waals surface area contributed by atoms with E-state index in [0.29, 0.717) is 49.8 Å². The molecule has 1 fully saturated rings. The lowest BCUT2D eigenvalue weighted by molar-refractivity contribution is -0.137. The number of nitrogens with one attached hydrogen (secondary N) is 1. The van der Waals surface area contributed by atoms with Crippen LogP contribution in [0.2, 0.25) is 0 Å². The van der Waals surface area contributed by atoms with Gasteiger partial charge in [0.25, 0.3) is 10.0 Å². The normalized spacial score (nSPS) is 24.3. The largest absolute Gasteiger partial charge is 0.417 e. The highest BCUT2D eigenvalue weighted by Crippen LogP contribution is 2.55. The topological polar surface area (TPSA) is 104 Å². The summed E-state index contributed by atoms with van der Waals surface area (Å²) in [5.41, 5.74) is 0.598. The van der Waals surface area contributed by atoms with Gasteiger partial charge in [0.2, 0.25) is 0 Å². The molecule has 4 heterocycles.